The number of amides is 1. The van der Waals surface area contributed by atoms with E-state index in [1.165, 1.54) is 24.0 Å². The van der Waals surface area contributed by atoms with E-state index in [1.54, 1.807) is 6.92 Å². The van der Waals surface area contributed by atoms with Gasteiger partial charge in [0.2, 0.25) is 5.91 Å². The van der Waals surface area contributed by atoms with Crippen LogP contribution in [0.25, 0.3) is 0 Å². The Morgan fingerprint density at radius 3 is 2.79 bits per heavy atom. The molecule has 1 aliphatic heterocycles. The molecule has 5 atom stereocenters. The predicted molar refractivity (Wildman–Crippen MR) is 111 cm³/mol. The molecule has 1 spiro atoms. The van der Waals surface area contributed by atoms with E-state index in [0.717, 1.165) is 19.6 Å². The Balaban J connectivity index is 1.41. The molecule has 0 unspecified atom stereocenters. The predicted octanol–water partition coefficient (Wildman–Crippen LogP) is 3.95. The minimum absolute atomic E-state index is 0.0924. The molecule has 3 fully saturated rings. The van der Waals surface area contributed by atoms with Crippen molar-refractivity contribution < 1.29 is 9.53 Å². The topological polar surface area (TPSA) is 56.2 Å². The van der Waals surface area contributed by atoms with Crippen molar-refractivity contribution in [2.45, 2.75) is 58.7 Å². The van der Waals surface area contributed by atoms with Crippen LogP contribution in [0.1, 0.15) is 57.3 Å². The second-order valence-corrected chi connectivity index (χ2v) is 9.92. The summed E-state index contributed by atoms with van der Waals surface area (Å²) in [5.41, 5.74) is 2.83. The van der Waals surface area contributed by atoms with E-state index in [4.69, 9.17) is 4.74 Å². The number of hydrogen-bond acceptors (Lipinski definition) is 3. The average Bonchev–Trinajstić information content (AvgIpc) is 3.37. The quantitative estimate of drug-likeness (QED) is 0.856. The van der Waals surface area contributed by atoms with Gasteiger partial charge in [0.15, 0.2) is 0 Å². The molecule has 0 radical (unpaired) electrons. The number of carbonyl (C=O) groups is 1. The number of nitrogens with one attached hydrogen (secondary N) is 1. The molecule has 1 aromatic heterocycles. The molecule has 2 saturated carbocycles. The monoisotopic (exact) mass is 393 g/mol. The van der Waals surface area contributed by atoms with Crippen molar-refractivity contribution in [2.75, 3.05) is 6.61 Å². The minimum Gasteiger partial charge on any atom is -0.373 e. The number of fused-ring (bicyclic) bond motifs is 1. The highest BCUT2D eigenvalue weighted by Crippen LogP contribution is 2.70. The highest BCUT2D eigenvalue weighted by atomic mass is 16.5. The van der Waals surface area contributed by atoms with Gasteiger partial charge in [-0.2, -0.15) is 5.10 Å². The van der Waals surface area contributed by atoms with E-state index in [-0.39, 0.29) is 28.9 Å². The van der Waals surface area contributed by atoms with Crippen LogP contribution in [0.3, 0.4) is 0 Å². The maximum atomic E-state index is 12.0. The van der Waals surface area contributed by atoms with E-state index < -0.39 is 0 Å². The van der Waals surface area contributed by atoms with Gasteiger partial charge in [-0.1, -0.05) is 38.1 Å². The average molecular weight is 394 g/mol. The van der Waals surface area contributed by atoms with Crippen molar-refractivity contribution in [3.8, 4) is 0 Å². The lowest BCUT2D eigenvalue weighted by molar-refractivity contribution is -0.136. The molecule has 154 valence electrons. The second kappa shape index (κ2) is 6.69. The zero-order valence-electron chi connectivity index (χ0n) is 17.6. The van der Waals surface area contributed by atoms with Gasteiger partial charge in [-0.25, -0.2) is 0 Å². The lowest BCUT2D eigenvalue weighted by Gasteiger charge is -2.53. The molecule has 5 nitrogen and oxygen atoms in total. The van der Waals surface area contributed by atoms with Crippen LogP contribution < -0.4 is 5.32 Å². The lowest BCUT2D eigenvalue weighted by atomic mass is 9.59. The van der Waals surface area contributed by atoms with Gasteiger partial charge >= 0.3 is 0 Å². The third kappa shape index (κ3) is 2.93. The van der Waals surface area contributed by atoms with E-state index in [1.807, 2.05) is 23.1 Å². The standard InChI is InChI=1S/C24H31N3O2/c1-16(28)26-22-23(2,3)19-13-20-21(29-12-9-24(20,22)14-19)18-7-5-17(6-8-18)15-27-11-4-10-25-27/h4-8,10-11,19-22H,9,12-15H2,1-3H3,(H,26,28)/t19-,20-,21-,22+,24-/m1/s1. The van der Waals surface area contributed by atoms with Crippen LogP contribution in [0.5, 0.6) is 0 Å². The van der Waals surface area contributed by atoms with Crippen LogP contribution in [0, 0.1) is 22.7 Å². The zero-order valence-corrected chi connectivity index (χ0v) is 17.6. The summed E-state index contributed by atoms with van der Waals surface area (Å²) in [6.45, 7) is 7.90. The Bertz CT molecular complexity index is 889. The van der Waals surface area contributed by atoms with Gasteiger partial charge in [-0.15, -0.1) is 0 Å². The Morgan fingerprint density at radius 1 is 1.31 bits per heavy atom. The number of ether oxygens (including phenoxy) is 1. The highest BCUT2D eigenvalue weighted by molar-refractivity contribution is 5.73. The van der Waals surface area contributed by atoms with Gasteiger partial charge in [0, 0.05) is 32.0 Å². The van der Waals surface area contributed by atoms with Crippen molar-refractivity contribution in [3.05, 3.63) is 53.9 Å². The largest absolute Gasteiger partial charge is 0.373 e. The molecule has 29 heavy (non-hydrogen) atoms. The molecular formula is C24H31N3O2. The summed E-state index contributed by atoms with van der Waals surface area (Å²) in [4.78, 5) is 12.0. The fraction of sp³-hybridized carbons (Fsp3) is 0.583. The van der Waals surface area contributed by atoms with Gasteiger partial charge in [-0.05, 0) is 59.1 Å². The van der Waals surface area contributed by atoms with Crippen LogP contribution in [-0.2, 0) is 16.1 Å². The number of nitrogens with zero attached hydrogens (tertiary/aromatic N) is 2. The van der Waals surface area contributed by atoms with Crippen LogP contribution in [0.15, 0.2) is 42.7 Å². The Kier molecular flexibility index (Phi) is 4.35. The number of benzene rings is 1. The normalized spacial score (nSPS) is 34.7. The molecule has 1 amide bonds. The summed E-state index contributed by atoms with van der Waals surface area (Å²) in [5, 5.41) is 7.65. The summed E-state index contributed by atoms with van der Waals surface area (Å²) in [6.07, 6.45) is 7.39. The maximum absolute atomic E-state index is 12.0. The first-order chi connectivity index (χ1) is 13.9. The molecule has 2 aromatic rings. The maximum Gasteiger partial charge on any atom is 0.217 e. The molecule has 2 bridgehead atoms. The van der Waals surface area contributed by atoms with Crippen LogP contribution >= 0.6 is 0 Å². The number of rotatable bonds is 4. The fourth-order valence-electron chi connectivity index (χ4n) is 6.71. The molecule has 1 saturated heterocycles. The molecule has 5 rings (SSSR count). The third-order valence-electron chi connectivity index (χ3n) is 8.06. The van der Waals surface area contributed by atoms with Crippen molar-refractivity contribution in [1.82, 2.24) is 15.1 Å². The first-order valence-electron chi connectivity index (χ1n) is 10.8. The second-order valence-electron chi connectivity index (χ2n) is 9.92. The van der Waals surface area contributed by atoms with E-state index >= 15 is 0 Å². The fourth-order valence-corrected chi connectivity index (χ4v) is 6.71. The molecular weight excluding hydrogens is 362 g/mol. The minimum atomic E-state index is 0.0924. The molecule has 1 aromatic carbocycles. The summed E-state index contributed by atoms with van der Waals surface area (Å²) in [7, 11) is 0. The first-order valence-corrected chi connectivity index (χ1v) is 10.8. The number of hydrogen-bond donors (Lipinski definition) is 1. The Hall–Kier alpha value is -2.14. The van der Waals surface area contributed by atoms with Gasteiger partial charge in [0.05, 0.1) is 12.6 Å². The number of aromatic nitrogens is 2. The first kappa shape index (κ1) is 18.9. The smallest absolute Gasteiger partial charge is 0.217 e. The summed E-state index contributed by atoms with van der Waals surface area (Å²) < 4.78 is 8.30. The van der Waals surface area contributed by atoms with E-state index in [2.05, 4.69) is 48.5 Å². The Morgan fingerprint density at radius 2 is 2.10 bits per heavy atom. The summed E-state index contributed by atoms with van der Waals surface area (Å²) in [6, 6.07) is 11.0. The summed E-state index contributed by atoms with van der Waals surface area (Å²) in [5.74, 6) is 1.21. The van der Waals surface area contributed by atoms with Crippen LogP contribution in [-0.4, -0.2) is 28.3 Å². The van der Waals surface area contributed by atoms with Crippen LogP contribution in [0.4, 0.5) is 0 Å². The zero-order chi connectivity index (χ0) is 20.2. The van der Waals surface area contributed by atoms with Crippen molar-refractivity contribution >= 4 is 5.91 Å². The van der Waals surface area contributed by atoms with Gasteiger partial charge in [0.25, 0.3) is 0 Å². The van der Waals surface area contributed by atoms with Crippen molar-refractivity contribution in [1.29, 1.82) is 0 Å². The molecule has 2 heterocycles. The van der Waals surface area contributed by atoms with E-state index in [9.17, 15) is 4.79 Å². The molecule has 5 heteroatoms. The lowest BCUT2D eigenvalue weighted by Crippen LogP contribution is -2.58. The highest BCUT2D eigenvalue weighted by Gasteiger charge is 2.68. The summed E-state index contributed by atoms with van der Waals surface area (Å²) >= 11 is 0. The van der Waals surface area contributed by atoms with E-state index in [0.29, 0.717) is 11.8 Å². The van der Waals surface area contributed by atoms with Crippen LogP contribution in [0.2, 0.25) is 0 Å². The SMILES string of the molecule is CC(=O)N[C@H]1C(C)(C)[C@@H]2C[C@@H]3[C@@H](c4ccc(Cn5cccn5)cc4)OCC[C@@]31C2. The number of carbonyl (C=O) groups excluding carboxylic acids is 1. The third-order valence-corrected chi connectivity index (χ3v) is 8.06. The Labute approximate surface area is 172 Å². The van der Waals surface area contributed by atoms with Gasteiger partial charge in [-0.3, -0.25) is 9.48 Å². The molecule has 2 aliphatic carbocycles. The molecule has 1 N–H and O–H groups in total. The van der Waals surface area contributed by atoms with Gasteiger partial charge < -0.3 is 10.1 Å². The van der Waals surface area contributed by atoms with Crippen molar-refractivity contribution in [2.24, 2.45) is 22.7 Å². The van der Waals surface area contributed by atoms with Gasteiger partial charge in [0.1, 0.15) is 0 Å². The van der Waals surface area contributed by atoms with Crippen molar-refractivity contribution in [3.63, 3.8) is 0 Å². The molecule has 3 aliphatic rings.